The molecule has 5 rings (SSSR count). The number of nitrogens with zero attached hydrogens (tertiary/aromatic N) is 2. The van der Waals surface area contributed by atoms with Crippen LogP contribution in [0.1, 0.15) is 27.6 Å². The molecule has 0 radical (unpaired) electrons. The number of hydrogen-bond donors (Lipinski definition) is 1. The van der Waals surface area contributed by atoms with Crippen molar-refractivity contribution in [1.82, 2.24) is 4.98 Å². The molecule has 0 spiro atoms. The average molecular weight is 447 g/mol. The molecule has 2 aromatic carbocycles. The zero-order chi connectivity index (χ0) is 21.7. The molecule has 0 aliphatic carbocycles. The van der Waals surface area contributed by atoms with E-state index in [0.29, 0.717) is 10.7 Å². The molecule has 1 amide bonds. The van der Waals surface area contributed by atoms with Gasteiger partial charge in [0.05, 0.1) is 15.8 Å². The molecule has 4 aromatic rings. The number of carbonyl (C=O) groups excluding carboxylic acids is 2. The molecule has 2 aromatic heterocycles. The van der Waals surface area contributed by atoms with E-state index in [-0.39, 0.29) is 11.3 Å². The largest absolute Gasteiger partial charge is 0.507 e. The van der Waals surface area contributed by atoms with Gasteiger partial charge in [0, 0.05) is 10.4 Å². The maximum absolute atomic E-state index is 13.2. The van der Waals surface area contributed by atoms with Gasteiger partial charge in [0.25, 0.3) is 5.78 Å². The number of thiazole rings is 1. The highest BCUT2D eigenvalue weighted by Crippen LogP contribution is 2.45. The van der Waals surface area contributed by atoms with Gasteiger partial charge >= 0.3 is 5.91 Å². The van der Waals surface area contributed by atoms with E-state index in [2.05, 4.69) is 4.98 Å². The van der Waals surface area contributed by atoms with Gasteiger partial charge in [0.2, 0.25) is 0 Å². The van der Waals surface area contributed by atoms with Crippen LogP contribution >= 0.6 is 22.7 Å². The van der Waals surface area contributed by atoms with E-state index in [9.17, 15) is 14.7 Å². The lowest BCUT2D eigenvalue weighted by Gasteiger charge is -2.21. The molecule has 1 atom stereocenters. The maximum atomic E-state index is 13.2. The highest BCUT2D eigenvalue weighted by Gasteiger charge is 2.48. The molecular weight excluding hydrogens is 428 g/mol. The monoisotopic (exact) mass is 446 g/mol. The minimum absolute atomic E-state index is 0.0896. The predicted octanol–water partition coefficient (Wildman–Crippen LogP) is 5.60. The number of thiophene rings is 1. The van der Waals surface area contributed by atoms with Gasteiger partial charge in [-0.15, -0.1) is 11.3 Å². The smallest absolute Gasteiger partial charge is 0.301 e. The molecule has 3 heterocycles. The summed E-state index contributed by atoms with van der Waals surface area (Å²) < 4.78 is 0.945. The molecule has 1 N–H and O–H groups in total. The van der Waals surface area contributed by atoms with Crippen molar-refractivity contribution < 1.29 is 14.7 Å². The number of benzene rings is 2. The minimum Gasteiger partial charge on any atom is -0.507 e. The fraction of sp³-hybridized carbons (Fsp3) is 0.125. The lowest BCUT2D eigenvalue weighted by molar-refractivity contribution is -0.132. The molecule has 0 bridgehead atoms. The van der Waals surface area contributed by atoms with Crippen molar-refractivity contribution in [1.29, 1.82) is 0 Å². The summed E-state index contributed by atoms with van der Waals surface area (Å²) in [6.45, 7) is 3.95. The first-order valence-corrected chi connectivity index (χ1v) is 11.4. The van der Waals surface area contributed by atoms with E-state index < -0.39 is 17.7 Å². The second-order valence-corrected chi connectivity index (χ2v) is 9.51. The van der Waals surface area contributed by atoms with Crippen LogP contribution in [-0.2, 0) is 9.59 Å². The Balaban J connectivity index is 1.71. The Hall–Kier alpha value is -3.29. The molecule has 1 fully saturated rings. The molecule has 1 aliphatic heterocycles. The standard InChI is InChI=1S/C24H18N2O3S2/c1-13-5-8-15(9-6-13)21(27)19-20(17-4-3-11-30-17)26(23(29)22(19)28)24-25-16-10-7-14(2)12-18(16)31-24/h3-12,20,27H,1-2H3/b21-19+. The van der Waals surface area contributed by atoms with Gasteiger partial charge in [-0.25, -0.2) is 4.98 Å². The third kappa shape index (κ3) is 3.26. The van der Waals surface area contributed by atoms with Crippen LogP contribution in [0.4, 0.5) is 5.13 Å². The fourth-order valence-corrected chi connectivity index (χ4v) is 5.65. The lowest BCUT2D eigenvalue weighted by atomic mass is 9.99. The van der Waals surface area contributed by atoms with Crippen LogP contribution in [0.25, 0.3) is 16.0 Å². The fourth-order valence-electron chi connectivity index (χ4n) is 3.74. The Morgan fingerprint density at radius 2 is 1.77 bits per heavy atom. The summed E-state index contributed by atoms with van der Waals surface area (Å²) in [5, 5.41) is 13.4. The molecule has 31 heavy (non-hydrogen) atoms. The third-order valence-electron chi connectivity index (χ3n) is 5.32. The van der Waals surface area contributed by atoms with Crippen molar-refractivity contribution >= 4 is 55.5 Å². The number of aliphatic hydroxyl groups excluding tert-OH is 1. The first kappa shape index (κ1) is 19.7. The Morgan fingerprint density at radius 1 is 1.03 bits per heavy atom. The zero-order valence-electron chi connectivity index (χ0n) is 16.8. The van der Waals surface area contributed by atoms with Crippen LogP contribution in [0.15, 0.2) is 65.6 Å². The quantitative estimate of drug-likeness (QED) is 0.253. The minimum atomic E-state index is -0.719. The third-order valence-corrected chi connectivity index (χ3v) is 7.26. The molecule has 154 valence electrons. The van der Waals surface area contributed by atoms with Gasteiger partial charge in [-0.1, -0.05) is 53.3 Å². The van der Waals surface area contributed by atoms with E-state index >= 15 is 0 Å². The second kappa shape index (κ2) is 7.44. The maximum Gasteiger partial charge on any atom is 0.301 e. The van der Waals surface area contributed by atoms with E-state index in [1.807, 2.05) is 61.7 Å². The summed E-state index contributed by atoms with van der Waals surface area (Å²) in [7, 11) is 0. The normalized spacial score (nSPS) is 18.3. The number of amides is 1. The predicted molar refractivity (Wildman–Crippen MR) is 125 cm³/mol. The number of hydrogen-bond acceptors (Lipinski definition) is 6. The molecule has 7 heteroatoms. The van der Waals surface area contributed by atoms with Gasteiger partial charge in [-0.2, -0.15) is 0 Å². The summed E-state index contributed by atoms with van der Waals surface area (Å²) in [6.07, 6.45) is 0. The number of rotatable bonds is 3. The van der Waals surface area contributed by atoms with Crippen LogP contribution in [0.5, 0.6) is 0 Å². The number of ketones is 1. The van der Waals surface area contributed by atoms with Gasteiger partial charge in [-0.3, -0.25) is 14.5 Å². The van der Waals surface area contributed by atoms with Crippen molar-refractivity contribution in [3.63, 3.8) is 0 Å². The molecule has 5 nitrogen and oxygen atoms in total. The number of anilines is 1. The summed E-state index contributed by atoms with van der Waals surface area (Å²) in [5.41, 5.74) is 3.50. The number of fused-ring (bicyclic) bond motifs is 1. The van der Waals surface area contributed by atoms with Crippen molar-refractivity contribution in [2.24, 2.45) is 0 Å². The number of aryl methyl sites for hydroxylation is 2. The van der Waals surface area contributed by atoms with E-state index in [4.69, 9.17) is 0 Å². The van der Waals surface area contributed by atoms with Crippen LogP contribution in [0, 0.1) is 13.8 Å². The Bertz CT molecular complexity index is 1350. The van der Waals surface area contributed by atoms with E-state index in [1.165, 1.54) is 27.6 Å². The molecule has 0 saturated carbocycles. The second-order valence-electron chi connectivity index (χ2n) is 7.52. The van der Waals surface area contributed by atoms with Gasteiger partial charge in [-0.05, 0) is 43.0 Å². The van der Waals surface area contributed by atoms with Crippen LogP contribution in [0.3, 0.4) is 0 Å². The number of carbonyl (C=O) groups is 2. The van der Waals surface area contributed by atoms with Crippen molar-refractivity contribution in [3.8, 4) is 0 Å². The Kier molecular flexibility index (Phi) is 4.72. The number of aromatic nitrogens is 1. The van der Waals surface area contributed by atoms with E-state index in [0.717, 1.165) is 26.2 Å². The number of aliphatic hydroxyl groups is 1. The van der Waals surface area contributed by atoms with Crippen molar-refractivity contribution in [2.75, 3.05) is 4.90 Å². The Morgan fingerprint density at radius 3 is 2.48 bits per heavy atom. The van der Waals surface area contributed by atoms with E-state index in [1.54, 1.807) is 12.1 Å². The molecular formula is C24H18N2O3S2. The van der Waals surface area contributed by atoms with Crippen molar-refractivity contribution in [3.05, 3.63) is 87.1 Å². The first-order valence-electron chi connectivity index (χ1n) is 9.72. The zero-order valence-corrected chi connectivity index (χ0v) is 18.5. The SMILES string of the molecule is Cc1ccc(/C(O)=C2\C(=O)C(=O)N(c3nc4ccc(C)cc4s3)C2c2cccs2)cc1. The van der Waals surface area contributed by atoms with Gasteiger partial charge in [0.15, 0.2) is 5.13 Å². The first-order chi connectivity index (χ1) is 14.9. The highest BCUT2D eigenvalue weighted by atomic mass is 32.1. The van der Waals surface area contributed by atoms with Crippen LogP contribution in [0.2, 0.25) is 0 Å². The lowest BCUT2D eigenvalue weighted by Crippen LogP contribution is -2.28. The summed E-state index contributed by atoms with van der Waals surface area (Å²) in [6, 6.07) is 16.1. The van der Waals surface area contributed by atoms with Crippen LogP contribution < -0.4 is 4.90 Å². The molecule has 1 saturated heterocycles. The summed E-state index contributed by atoms with van der Waals surface area (Å²) in [4.78, 5) is 33.1. The average Bonchev–Trinajstić information content (AvgIpc) is 3.47. The highest BCUT2D eigenvalue weighted by molar-refractivity contribution is 7.22. The summed E-state index contributed by atoms with van der Waals surface area (Å²) in [5.74, 6) is -1.55. The van der Waals surface area contributed by atoms with Gasteiger partial charge in [0.1, 0.15) is 11.8 Å². The number of Topliss-reactive ketones (excluding diaryl/α,β-unsaturated/α-hetero) is 1. The summed E-state index contributed by atoms with van der Waals surface area (Å²) >= 11 is 2.81. The van der Waals surface area contributed by atoms with Crippen LogP contribution in [-0.4, -0.2) is 21.8 Å². The van der Waals surface area contributed by atoms with Gasteiger partial charge < -0.3 is 5.11 Å². The van der Waals surface area contributed by atoms with Crippen molar-refractivity contribution in [2.45, 2.75) is 19.9 Å². The molecule has 1 unspecified atom stereocenters. The molecule has 1 aliphatic rings. The Labute approximate surface area is 186 Å². The topological polar surface area (TPSA) is 70.5 Å².